The summed E-state index contributed by atoms with van der Waals surface area (Å²) in [6, 6.07) is 0. The van der Waals surface area contributed by atoms with Crippen LogP contribution in [-0.4, -0.2) is 36.1 Å². The molecule has 0 saturated carbocycles. The Kier molecular flexibility index (Phi) is 4.47. The minimum absolute atomic E-state index is 0.0394. The predicted molar refractivity (Wildman–Crippen MR) is 63.4 cm³/mol. The molecule has 8 nitrogen and oxygen atoms in total. The van der Waals surface area contributed by atoms with E-state index in [-0.39, 0.29) is 18.7 Å². The molecule has 1 saturated heterocycles. The molecule has 1 heterocycles. The summed E-state index contributed by atoms with van der Waals surface area (Å²) in [6.07, 6.45) is 0.520. The molecule has 0 aromatic rings. The summed E-state index contributed by atoms with van der Waals surface area (Å²) < 4.78 is 9.26. The van der Waals surface area contributed by atoms with Crippen LogP contribution in [0.15, 0.2) is 11.4 Å². The highest BCUT2D eigenvalue weighted by Crippen LogP contribution is 2.29. The van der Waals surface area contributed by atoms with Crippen molar-refractivity contribution < 1.29 is 24.0 Å². The van der Waals surface area contributed by atoms with Crippen molar-refractivity contribution >= 4 is 11.9 Å². The molecule has 0 aromatic carbocycles. The quantitative estimate of drug-likeness (QED) is 0.340. The number of nitro groups is 1. The number of ether oxygens (including phenoxy) is 2. The number of nitrogens with one attached hydrogen (secondary N) is 1. The first kappa shape index (κ1) is 14.9. The second-order valence-corrected chi connectivity index (χ2v) is 4.25. The Hall–Kier alpha value is -2.12. The Bertz CT molecular complexity index is 444. The fourth-order valence-electron chi connectivity index (χ4n) is 1.90. The zero-order chi connectivity index (χ0) is 14.6. The van der Waals surface area contributed by atoms with Crippen molar-refractivity contribution in [3.05, 3.63) is 21.5 Å². The third-order valence-corrected chi connectivity index (χ3v) is 2.87. The van der Waals surface area contributed by atoms with Gasteiger partial charge in [0, 0.05) is 0 Å². The van der Waals surface area contributed by atoms with Crippen molar-refractivity contribution in [1.82, 2.24) is 5.32 Å². The van der Waals surface area contributed by atoms with Crippen LogP contribution in [0.2, 0.25) is 0 Å². The van der Waals surface area contributed by atoms with Gasteiger partial charge in [0.15, 0.2) is 0 Å². The fourth-order valence-corrected chi connectivity index (χ4v) is 1.90. The highest BCUT2D eigenvalue weighted by Gasteiger charge is 2.44. The number of allylic oxidation sites excluding steroid dienone is 1. The van der Waals surface area contributed by atoms with Gasteiger partial charge in [-0.2, -0.15) is 0 Å². The number of esters is 2. The number of methoxy groups -OCH3 is 1. The Morgan fingerprint density at radius 1 is 1.53 bits per heavy atom. The molecule has 0 unspecified atom stereocenters. The zero-order valence-electron chi connectivity index (χ0n) is 11.0. The van der Waals surface area contributed by atoms with Gasteiger partial charge in [-0.15, -0.1) is 0 Å². The van der Waals surface area contributed by atoms with Crippen LogP contribution in [0.5, 0.6) is 0 Å². The van der Waals surface area contributed by atoms with Gasteiger partial charge in [-0.25, -0.2) is 9.59 Å². The van der Waals surface area contributed by atoms with E-state index in [1.807, 2.05) is 0 Å². The standard InChI is InChI=1S/C11H16N2O6/c1-4-19-9(14)8(13(16)17)7-5-6-11(2,12-7)10(15)18-3/h12H,4-6H2,1-3H3/t11-/m1/s1. The van der Waals surface area contributed by atoms with Crippen LogP contribution in [0.4, 0.5) is 0 Å². The van der Waals surface area contributed by atoms with Crippen molar-refractivity contribution in [2.24, 2.45) is 0 Å². The molecule has 0 aliphatic carbocycles. The molecular formula is C11H16N2O6. The Balaban J connectivity index is 3.05. The average molecular weight is 272 g/mol. The number of nitrogens with zero attached hydrogens (tertiary/aromatic N) is 1. The van der Waals surface area contributed by atoms with Gasteiger partial charge in [0.05, 0.1) is 24.3 Å². The van der Waals surface area contributed by atoms with Crippen molar-refractivity contribution in [1.29, 1.82) is 0 Å². The Morgan fingerprint density at radius 3 is 2.63 bits per heavy atom. The topological polar surface area (TPSA) is 108 Å². The van der Waals surface area contributed by atoms with Crippen LogP contribution in [0, 0.1) is 10.1 Å². The highest BCUT2D eigenvalue weighted by atomic mass is 16.6. The molecule has 1 N–H and O–H groups in total. The Labute approximate surface area is 109 Å². The lowest BCUT2D eigenvalue weighted by atomic mass is 10.0. The van der Waals surface area contributed by atoms with E-state index in [0.717, 1.165) is 0 Å². The third-order valence-electron chi connectivity index (χ3n) is 2.87. The summed E-state index contributed by atoms with van der Waals surface area (Å²) in [4.78, 5) is 33.3. The van der Waals surface area contributed by atoms with Gasteiger partial charge >= 0.3 is 17.6 Å². The maximum absolute atomic E-state index is 11.6. The molecule has 1 atom stereocenters. The molecular weight excluding hydrogens is 256 g/mol. The van der Waals surface area contributed by atoms with Crippen molar-refractivity contribution in [2.45, 2.75) is 32.2 Å². The van der Waals surface area contributed by atoms with E-state index < -0.39 is 28.1 Å². The molecule has 1 fully saturated rings. The summed E-state index contributed by atoms with van der Waals surface area (Å²) >= 11 is 0. The van der Waals surface area contributed by atoms with E-state index in [1.54, 1.807) is 13.8 Å². The van der Waals surface area contributed by atoms with E-state index in [4.69, 9.17) is 0 Å². The molecule has 106 valence electrons. The number of hydrogen-bond acceptors (Lipinski definition) is 7. The summed E-state index contributed by atoms with van der Waals surface area (Å²) in [5.74, 6) is -1.54. The van der Waals surface area contributed by atoms with Crippen molar-refractivity contribution in [2.75, 3.05) is 13.7 Å². The van der Waals surface area contributed by atoms with E-state index in [9.17, 15) is 19.7 Å². The van der Waals surface area contributed by atoms with E-state index >= 15 is 0 Å². The Morgan fingerprint density at radius 2 is 2.16 bits per heavy atom. The first-order valence-electron chi connectivity index (χ1n) is 5.77. The van der Waals surface area contributed by atoms with Gasteiger partial charge in [-0.3, -0.25) is 10.1 Å². The maximum atomic E-state index is 11.6. The molecule has 0 bridgehead atoms. The first-order valence-corrected chi connectivity index (χ1v) is 5.77. The third kappa shape index (κ3) is 3.01. The van der Waals surface area contributed by atoms with Crippen LogP contribution in [0.25, 0.3) is 0 Å². The molecule has 1 rings (SSSR count). The number of carbonyl (C=O) groups is 2. The normalized spacial score (nSPS) is 24.4. The molecule has 0 radical (unpaired) electrons. The van der Waals surface area contributed by atoms with Gasteiger partial charge in [-0.1, -0.05) is 0 Å². The van der Waals surface area contributed by atoms with E-state index in [0.29, 0.717) is 6.42 Å². The number of carbonyl (C=O) groups excluding carboxylic acids is 2. The van der Waals surface area contributed by atoms with Crippen LogP contribution >= 0.6 is 0 Å². The van der Waals surface area contributed by atoms with Gasteiger partial charge in [0.25, 0.3) is 0 Å². The fraction of sp³-hybridized carbons (Fsp3) is 0.636. The van der Waals surface area contributed by atoms with Gasteiger partial charge in [0.2, 0.25) is 0 Å². The zero-order valence-corrected chi connectivity index (χ0v) is 11.0. The first-order chi connectivity index (χ1) is 8.85. The lowest BCUT2D eigenvalue weighted by Crippen LogP contribution is -2.45. The van der Waals surface area contributed by atoms with Crippen LogP contribution < -0.4 is 5.32 Å². The molecule has 1 aliphatic rings. The lowest BCUT2D eigenvalue weighted by molar-refractivity contribution is -0.422. The van der Waals surface area contributed by atoms with E-state index in [2.05, 4.69) is 14.8 Å². The van der Waals surface area contributed by atoms with E-state index in [1.165, 1.54) is 7.11 Å². The van der Waals surface area contributed by atoms with Gasteiger partial charge in [0.1, 0.15) is 5.54 Å². The second-order valence-electron chi connectivity index (χ2n) is 4.25. The minimum atomic E-state index is -1.06. The largest absolute Gasteiger partial charge is 0.467 e. The van der Waals surface area contributed by atoms with Gasteiger partial charge < -0.3 is 14.8 Å². The summed E-state index contributed by atoms with van der Waals surface area (Å²) in [6.45, 7) is 3.16. The molecule has 0 aromatic heterocycles. The lowest BCUT2D eigenvalue weighted by Gasteiger charge is -2.21. The predicted octanol–water partition coefficient (Wildman–Crippen LogP) is 0.353. The van der Waals surface area contributed by atoms with Crippen LogP contribution in [0.3, 0.4) is 0 Å². The van der Waals surface area contributed by atoms with Crippen molar-refractivity contribution in [3.63, 3.8) is 0 Å². The van der Waals surface area contributed by atoms with Crippen LogP contribution in [0.1, 0.15) is 26.7 Å². The van der Waals surface area contributed by atoms with Crippen LogP contribution in [-0.2, 0) is 19.1 Å². The average Bonchev–Trinajstić information content (AvgIpc) is 2.72. The molecule has 8 heteroatoms. The summed E-state index contributed by atoms with van der Waals surface area (Å²) in [5.41, 5.74) is -1.62. The number of hydrogen-bond donors (Lipinski definition) is 1. The summed E-state index contributed by atoms with van der Waals surface area (Å²) in [7, 11) is 1.23. The van der Waals surface area contributed by atoms with Gasteiger partial charge in [-0.05, 0) is 26.7 Å². The monoisotopic (exact) mass is 272 g/mol. The highest BCUT2D eigenvalue weighted by molar-refractivity contribution is 5.87. The smallest absolute Gasteiger partial charge is 0.411 e. The molecule has 0 spiro atoms. The molecule has 19 heavy (non-hydrogen) atoms. The minimum Gasteiger partial charge on any atom is -0.467 e. The summed E-state index contributed by atoms with van der Waals surface area (Å²) in [5, 5.41) is 13.6. The van der Waals surface area contributed by atoms with Crippen molar-refractivity contribution in [3.8, 4) is 0 Å². The molecule has 0 amide bonds. The second kappa shape index (κ2) is 5.68. The molecule has 1 aliphatic heterocycles. The SMILES string of the molecule is CCOC(=O)C(=C1CC[C@](C)(C(=O)OC)N1)[N+](=O)[O-]. The maximum Gasteiger partial charge on any atom is 0.411 e. The number of rotatable bonds is 4.